The highest BCUT2D eigenvalue weighted by Gasteiger charge is 2.31. The molecule has 1 aliphatic heterocycles. The van der Waals surface area contributed by atoms with Crippen molar-refractivity contribution < 1.29 is 17.9 Å². The predicted octanol–water partition coefficient (Wildman–Crippen LogP) is 2.79. The second-order valence-electron chi connectivity index (χ2n) is 4.68. The van der Waals surface area contributed by atoms with Gasteiger partial charge in [-0.05, 0) is 25.0 Å². The number of likely N-dealkylation sites (tertiary alicyclic amines) is 1. The van der Waals surface area contributed by atoms with Gasteiger partial charge in [-0.2, -0.15) is 4.99 Å². The van der Waals surface area contributed by atoms with Gasteiger partial charge in [-0.15, -0.1) is 38.0 Å². The molecule has 1 aromatic rings. The number of ether oxygens (including phenoxy) is 1. The summed E-state index contributed by atoms with van der Waals surface area (Å²) in [7, 11) is 0. The van der Waals surface area contributed by atoms with Gasteiger partial charge in [0.15, 0.2) is 5.96 Å². The molecule has 1 heterocycles. The molecule has 0 spiro atoms. The summed E-state index contributed by atoms with van der Waals surface area (Å²) in [5, 5.41) is 0. The molecule has 1 aromatic carbocycles. The first kappa shape index (κ1) is 22.1. The van der Waals surface area contributed by atoms with Crippen LogP contribution in [0.15, 0.2) is 34.3 Å². The molecule has 1 fully saturated rings. The Balaban J connectivity index is 0.00000264. The molecule has 0 saturated carbocycles. The summed E-state index contributed by atoms with van der Waals surface area (Å²) in [6.07, 6.45) is -2.69. The molecular weight excluding hydrogens is 370 g/mol. The first-order valence-electron chi connectivity index (χ1n) is 6.62. The molecule has 24 heavy (non-hydrogen) atoms. The lowest BCUT2D eigenvalue weighted by Gasteiger charge is -2.15. The first-order chi connectivity index (χ1) is 10.3. The first-order valence-corrected chi connectivity index (χ1v) is 6.62. The summed E-state index contributed by atoms with van der Waals surface area (Å²) in [6, 6.07) is 5.14. The van der Waals surface area contributed by atoms with Crippen molar-refractivity contribution in [1.29, 1.82) is 0 Å². The standard InChI is InChI=1S/C13H16F3N5O.2ClH/c14-13(15,16)22-10-5-3-4-9(8-10)19-11(17)20-12(18)21-6-1-2-7-21;;/h3-5,8H,1-2,6-7H2,(H4,17,18,19,20);2*1H. The van der Waals surface area contributed by atoms with Crippen LogP contribution in [0.25, 0.3) is 0 Å². The molecule has 1 aliphatic rings. The fraction of sp³-hybridized carbons (Fsp3) is 0.385. The molecule has 2 rings (SSSR count). The van der Waals surface area contributed by atoms with Crippen LogP contribution in [-0.4, -0.2) is 36.3 Å². The van der Waals surface area contributed by atoms with Gasteiger partial charge in [0, 0.05) is 19.2 Å². The average molecular weight is 388 g/mol. The molecule has 0 aliphatic carbocycles. The fourth-order valence-corrected chi connectivity index (χ4v) is 2.04. The van der Waals surface area contributed by atoms with Crippen molar-refractivity contribution in [2.75, 3.05) is 13.1 Å². The highest BCUT2D eigenvalue weighted by molar-refractivity contribution is 5.94. The molecule has 136 valence electrons. The normalized spacial score (nSPS) is 15.5. The van der Waals surface area contributed by atoms with E-state index in [4.69, 9.17) is 11.5 Å². The highest BCUT2D eigenvalue weighted by Crippen LogP contribution is 2.26. The summed E-state index contributed by atoms with van der Waals surface area (Å²) in [4.78, 5) is 9.72. The molecule has 0 amide bonds. The third-order valence-corrected chi connectivity index (χ3v) is 2.95. The number of guanidine groups is 2. The van der Waals surface area contributed by atoms with Crippen molar-refractivity contribution in [1.82, 2.24) is 4.90 Å². The zero-order valence-corrected chi connectivity index (χ0v) is 14.1. The molecule has 0 aromatic heterocycles. The Kier molecular flexibility index (Phi) is 8.70. The van der Waals surface area contributed by atoms with Crippen LogP contribution >= 0.6 is 24.8 Å². The molecule has 6 nitrogen and oxygen atoms in total. The van der Waals surface area contributed by atoms with Crippen LogP contribution in [0.4, 0.5) is 18.9 Å². The van der Waals surface area contributed by atoms with E-state index >= 15 is 0 Å². The van der Waals surface area contributed by atoms with Gasteiger partial charge in [0.25, 0.3) is 0 Å². The summed E-state index contributed by atoms with van der Waals surface area (Å²) in [5.41, 5.74) is 11.6. The Bertz CT molecular complexity index is 589. The van der Waals surface area contributed by atoms with Gasteiger partial charge in [-0.25, -0.2) is 4.99 Å². The van der Waals surface area contributed by atoms with Crippen LogP contribution < -0.4 is 16.2 Å². The largest absolute Gasteiger partial charge is 0.573 e. The Morgan fingerprint density at radius 1 is 1.12 bits per heavy atom. The second kappa shape index (κ2) is 9.43. The quantitative estimate of drug-likeness (QED) is 0.602. The van der Waals surface area contributed by atoms with E-state index in [0.29, 0.717) is 0 Å². The second-order valence-corrected chi connectivity index (χ2v) is 4.68. The SMILES string of the molecule is Cl.Cl.NC(=Nc1cccc(OC(F)(F)F)c1)/N=C(/N)N1CCCC1. The van der Waals surface area contributed by atoms with Crippen LogP contribution in [0.1, 0.15) is 12.8 Å². The third kappa shape index (κ3) is 7.14. The summed E-state index contributed by atoms with van der Waals surface area (Å²) >= 11 is 0. The van der Waals surface area contributed by atoms with Crippen molar-refractivity contribution in [2.45, 2.75) is 19.2 Å². The van der Waals surface area contributed by atoms with Gasteiger partial charge in [0.1, 0.15) is 5.75 Å². The van der Waals surface area contributed by atoms with E-state index in [2.05, 4.69) is 14.7 Å². The molecule has 0 unspecified atom stereocenters. The number of hydrogen-bond donors (Lipinski definition) is 2. The molecule has 0 atom stereocenters. The van der Waals surface area contributed by atoms with Crippen LogP contribution in [0.2, 0.25) is 0 Å². The lowest BCUT2D eigenvalue weighted by Crippen LogP contribution is -2.36. The number of benzene rings is 1. The van der Waals surface area contributed by atoms with E-state index in [1.807, 2.05) is 4.90 Å². The van der Waals surface area contributed by atoms with Crippen molar-refractivity contribution in [2.24, 2.45) is 21.5 Å². The maximum atomic E-state index is 12.2. The van der Waals surface area contributed by atoms with Crippen molar-refractivity contribution in [3.8, 4) is 5.75 Å². The van der Waals surface area contributed by atoms with Gasteiger partial charge in [-0.3, -0.25) is 0 Å². The number of aliphatic imine (C=N–C) groups is 2. The Hall–Kier alpha value is -1.87. The lowest BCUT2D eigenvalue weighted by molar-refractivity contribution is -0.274. The predicted molar refractivity (Wildman–Crippen MR) is 91.3 cm³/mol. The lowest BCUT2D eigenvalue weighted by atomic mass is 10.3. The minimum absolute atomic E-state index is 0. The Morgan fingerprint density at radius 2 is 1.75 bits per heavy atom. The van der Waals surface area contributed by atoms with Gasteiger partial charge in [0.2, 0.25) is 5.96 Å². The monoisotopic (exact) mass is 387 g/mol. The Labute approximate surface area is 149 Å². The minimum Gasteiger partial charge on any atom is -0.406 e. The smallest absolute Gasteiger partial charge is 0.406 e. The van der Waals surface area contributed by atoms with E-state index in [0.717, 1.165) is 32.0 Å². The number of nitrogens with zero attached hydrogens (tertiary/aromatic N) is 3. The number of halogens is 5. The van der Waals surface area contributed by atoms with E-state index in [9.17, 15) is 13.2 Å². The number of nitrogens with two attached hydrogens (primary N) is 2. The molecule has 0 radical (unpaired) electrons. The van der Waals surface area contributed by atoms with Crippen molar-refractivity contribution in [3.05, 3.63) is 24.3 Å². The van der Waals surface area contributed by atoms with Crippen molar-refractivity contribution in [3.63, 3.8) is 0 Å². The Morgan fingerprint density at radius 3 is 2.33 bits per heavy atom. The van der Waals surface area contributed by atoms with E-state index < -0.39 is 6.36 Å². The molecule has 0 bridgehead atoms. The molecule has 11 heteroatoms. The van der Waals surface area contributed by atoms with E-state index in [1.54, 1.807) is 0 Å². The number of alkyl halides is 3. The minimum atomic E-state index is -4.76. The maximum Gasteiger partial charge on any atom is 0.573 e. The summed E-state index contributed by atoms with van der Waals surface area (Å²) in [5.74, 6) is -0.256. The molecule has 4 N–H and O–H groups in total. The summed E-state index contributed by atoms with van der Waals surface area (Å²) in [6.45, 7) is 1.61. The molecular formula is C13H18Cl2F3N5O. The van der Waals surface area contributed by atoms with Gasteiger partial charge >= 0.3 is 6.36 Å². The highest BCUT2D eigenvalue weighted by atomic mass is 35.5. The van der Waals surface area contributed by atoms with Crippen LogP contribution in [-0.2, 0) is 0 Å². The summed E-state index contributed by atoms with van der Waals surface area (Å²) < 4.78 is 40.3. The zero-order chi connectivity index (χ0) is 16.2. The van der Waals surface area contributed by atoms with Gasteiger partial charge in [-0.1, -0.05) is 6.07 Å². The van der Waals surface area contributed by atoms with Crippen LogP contribution in [0.3, 0.4) is 0 Å². The molecule has 1 saturated heterocycles. The fourth-order valence-electron chi connectivity index (χ4n) is 2.04. The van der Waals surface area contributed by atoms with Crippen molar-refractivity contribution >= 4 is 42.4 Å². The third-order valence-electron chi connectivity index (χ3n) is 2.95. The van der Waals surface area contributed by atoms with E-state index in [1.165, 1.54) is 18.2 Å². The van der Waals surface area contributed by atoms with Gasteiger partial charge in [0.05, 0.1) is 5.69 Å². The topological polar surface area (TPSA) is 89.2 Å². The van der Waals surface area contributed by atoms with Crippen LogP contribution in [0.5, 0.6) is 5.75 Å². The maximum absolute atomic E-state index is 12.2. The average Bonchev–Trinajstić information content (AvgIpc) is 2.90. The van der Waals surface area contributed by atoms with Gasteiger partial charge < -0.3 is 21.1 Å². The van der Waals surface area contributed by atoms with E-state index in [-0.39, 0.29) is 48.2 Å². The number of hydrogen-bond acceptors (Lipinski definition) is 2. The number of rotatable bonds is 2. The zero-order valence-electron chi connectivity index (χ0n) is 12.5. The van der Waals surface area contributed by atoms with Crippen LogP contribution in [0, 0.1) is 0 Å².